The molecule has 12 heteroatoms. The number of fused-ring (bicyclic) bond motifs is 2. The maximum Gasteiger partial charge on any atom is 0.206 e. The summed E-state index contributed by atoms with van der Waals surface area (Å²) in [6.45, 7) is 0. The molecule has 0 N–H and O–H groups in total. The predicted molar refractivity (Wildman–Crippen MR) is 168 cm³/mol. The van der Waals surface area contributed by atoms with Crippen LogP contribution in [0.3, 0.4) is 0 Å². The van der Waals surface area contributed by atoms with Crippen LogP contribution in [-0.4, -0.2) is 31.4 Å². The third kappa shape index (κ3) is 5.33. The number of halogens is 4. The lowest BCUT2D eigenvalue weighted by Gasteiger charge is -2.23. The molecule has 228 valence electrons. The number of aliphatic imine (C=N–C) groups is 2. The fraction of sp³-hybridized carbons (Fsp3) is 0. The maximum atomic E-state index is 13.9. The smallest absolute Gasteiger partial charge is 0.206 e. The molecular weight excluding hydrogens is 620 g/mol. The van der Waals surface area contributed by atoms with E-state index in [4.69, 9.17) is 19.9 Å². The van der Waals surface area contributed by atoms with Crippen molar-refractivity contribution in [3.63, 3.8) is 0 Å². The van der Waals surface area contributed by atoms with Crippen LogP contribution in [0.25, 0.3) is 45.0 Å². The van der Waals surface area contributed by atoms with E-state index < -0.39 is 23.3 Å². The van der Waals surface area contributed by atoms with Crippen molar-refractivity contribution in [1.29, 1.82) is 10.5 Å². The van der Waals surface area contributed by atoms with Crippen molar-refractivity contribution in [2.24, 2.45) is 9.98 Å². The monoisotopic (exact) mass is 636 g/mol. The average Bonchev–Trinajstić information content (AvgIpc) is 3.10. The molecule has 2 heterocycles. The maximum absolute atomic E-state index is 13.9. The van der Waals surface area contributed by atoms with Crippen LogP contribution in [0.1, 0.15) is 22.8 Å². The van der Waals surface area contributed by atoms with Crippen LogP contribution in [0.5, 0.6) is 0 Å². The molecule has 0 amide bonds. The van der Waals surface area contributed by atoms with E-state index in [1.165, 1.54) is 97.1 Å². The largest absolute Gasteiger partial charge is 0.241 e. The Morgan fingerprint density at radius 2 is 0.562 bits per heavy atom. The van der Waals surface area contributed by atoms with Crippen LogP contribution in [0, 0.1) is 46.2 Å². The topological polar surface area (TPSA) is 124 Å². The van der Waals surface area contributed by atoms with Gasteiger partial charge in [-0.25, -0.2) is 37.5 Å². The molecule has 0 atom stereocenters. The van der Waals surface area contributed by atoms with E-state index in [0.717, 1.165) is 0 Å². The Morgan fingerprint density at radius 1 is 0.354 bits per heavy atom. The molecule has 0 saturated heterocycles. The number of hydrogen-bond donors (Lipinski definition) is 0. The summed E-state index contributed by atoms with van der Waals surface area (Å²) >= 11 is 0. The molecule has 0 aliphatic heterocycles. The Bertz CT molecular complexity index is 2050. The van der Waals surface area contributed by atoms with Crippen molar-refractivity contribution in [3.05, 3.63) is 143 Å². The van der Waals surface area contributed by atoms with Gasteiger partial charge in [0.2, 0.25) is 12.4 Å². The average molecular weight is 637 g/mol. The minimum atomic E-state index is -0.488. The summed E-state index contributed by atoms with van der Waals surface area (Å²) in [7, 11) is 0. The highest BCUT2D eigenvalue weighted by Crippen LogP contribution is 2.37. The van der Waals surface area contributed by atoms with E-state index in [2.05, 4.69) is 9.98 Å². The van der Waals surface area contributed by atoms with Crippen LogP contribution in [0.2, 0.25) is 0 Å². The van der Waals surface area contributed by atoms with Gasteiger partial charge in [0.25, 0.3) is 0 Å². The van der Waals surface area contributed by atoms with Gasteiger partial charge >= 0.3 is 0 Å². The van der Waals surface area contributed by atoms with Crippen molar-refractivity contribution in [1.82, 2.24) is 19.9 Å². The van der Waals surface area contributed by atoms with E-state index >= 15 is 0 Å². The number of benzene rings is 4. The molecule has 0 radical (unpaired) electrons. The fourth-order valence-corrected chi connectivity index (χ4v) is 5.30. The van der Waals surface area contributed by atoms with Gasteiger partial charge in [-0.3, -0.25) is 0 Å². The SMILES string of the molecule is N#CN=C1c2nc(-c3ccc(F)cc3)c(-c3ccc(F)cc3)nc2C(=NC#N)c2nc(-c3ccc(F)cc3)c(-c3ccc(F)cc3)nc21. The van der Waals surface area contributed by atoms with Crippen molar-refractivity contribution in [2.45, 2.75) is 0 Å². The number of nitriles is 2. The third-order valence-corrected chi connectivity index (χ3v) is 7.48. The first-order valence-corrected chi connectivity index (χ1v) is 14.2. The first-order valence-electron chi connectivity index (χ1n) is 14.2. The summed E-state index contributed by atoms with van der Waals surface area (Å²) in [5, 5.41) is 19.6. The summed E-state index contributed by atoms with van der Waals surface area (Å²) < 4.78 is 55.8. The summed E-state index contributed by atoms with van der Waals surface area (Å²) in [4.78, 5) is 27.4. The predicted octanol–water partition coefficient (Wildman–Crippen LogP) is 7.44. The van der Waals surface area contributed by atoms with Crippen molar-refractivity contribution >= 4 is 11.4 Å². The van der Waals surface area contributed by atoms with E-state index in [0.29, 0.717) is 22.3 Å². The summed E-state index contributed by atoms with van der Waals surface area (Å²) in [5.41, 5.74) is 2.71. The molecule has 48 heavy (non-hydrogen) atoms. The molecule has 6 aromatic rings. The van der Waals surface area contributed by atoms with Gasteiger partial charge in [-0.05, 0) is 97.1 Å². The van der Waals surface area contributed by atoms with Crippen molar-refractivity contribution in [3.8, 4) is 57.4 Å². The second-order valence-corrected chi connectivity index (χ2v) is 10.4. The molecule has 8 nitrogen and oxygen atoms in total. The van der Waals surface area contributed by atoms with Gasteiger partial charge in [0, 0.05) is 22.3 Å². The van der Waals surface area contributed by atoms with Crippen LogP contribution < -0.4 is 0 Å². The van der Waals surface area contributed by atoms with E-state index in [9.17, 15) is 28.1 Å². The molecular formula is C36H16F4N8. The Balaban J connectivity index is 1.56. The molecule has 4 aromatic carbocycles. The molecule has 0 unspecified atom stereocenters. The Labute approximate surface area is 269 Å². The zero-order valence-electron chi connectivity index (χ0n) is 24.3. The molecule has 2 aromatic heterocycles. The molecule has 0 spiro atoms. The number of rotatable bonds is 4. The van der Waals surface area contributed by atoms with Gasteiger partial charge in [0.1, 0.15) is 57.5 Å². The fourth-order valence-electron chi connectivity index (χ4n) is 5.30. The van der Waals surface area contributed by atoms with Gasteiger partial charge in [-0.15, -0.1) is 0 Å². The molecule has 0 saturated carbocycles. The van der Waals surface area contributed by atoms with Crippen LogP contribution in [0.15, 0.2) is 107 Å². The molecule has 0 fully saturated rings. The van der Waals surface area contributed by atoms with Gasteiger partial charge < -0.3 is 0 Å². The van der Waals surface area contributed by atoms with E-state index in [-0.39, 0.29) is 57.0 Å². The minimum absolute atomic E-state index is 0.0251. The zero-order chi connectivity index (χ0) is 33.4. The lowest BCUT2D eigenvalue weighted by atomic mass is 9.92. The number of hydrogen-bond acceptors (Lipinski definition) is 8. The molecule has 7 rings (SSSR count). The van der Waals surface area contributed by atoms with Crippen molar-refractivity contribution < 1.29 is 17.6 Å². The summed E-state index contributed by atoms with van der Waals surface area (Å²) in [5.74, 6) is -1.95. The molecule has 1 aliphatic rings. The van der Waals surface area contributed by atoms with E-state index in [1.54, 1.807) is 12.4 Å². The Morgan fingerprint density at radius 3 is 0.750 bits per heavy atom. The normalized spacial score (nSPS) is 11.6. The van der Waals surface area contributed by atoms with Crippen LogP contribution in [-0.2, 0) is 0 Å². The quantitative estimate of drug-likeness (QED) is 0.146. The van der Waals surface area contributed by atoms with E-state index in [1.807, 2.05) is 0 Å². The van der Waals surface area contributed by atoms with Crippen molar-refractivity contribution in [2.75, 3.05) is 0 Å². The second-order valence-electron chi connectivity index (χ2n) is 10.4. The van der Waals surface area contributed by atoms with Gasteiger partial charge in [0.05, 0.1) is 22.8 Å². The highest BCUT2D eigenvalue weighted by Gasteiger charge is 2.36. The first-order chi connectivity index (χ1) is 23.3. The standard InChI is InChI=1S/C36H16F4N8/c37-23-9-1-19(2-10-23)27-28(20-3-11-24(38)12-4-20)46-34-32(44-18-42)36-35(31(43-17-41)33(34)45-27)47-29(21-5-13-25(39)14-6-21)30(48-36)22-7-15-26(40)16-8-22/h1-16H. The van der Waals surface area contributed by atoms with Crippen LogP contribution in [0.4, 0.5) is 17.6 Å². The van der Waals surface area contributed by atoms with Crippen LogP contribution >= 0.6 is 0 Å². The lowest BCUT2D eigenvalue weighted by Crippen LogP contribution is -2.29. The Kier molecular flexibility index (Phi) is 7.51. The van der Waals surface area contributed by atoms with Gasteiger partial charge in [-0.1, -0.05) is 0 Å². The minimum Gasteiger partial charge on any atom is -0.241 e. The first kappa shape index (κ1) is 29.8. The highest BCUT2D eigenvalue weighted by atomic mass is 19.1. The zero-order valence-corrected chi connectivity index (χ0v) is 24.3. The summed E-state index contributed by atoms with van der Waals surface area (Å²) in [6, 6.07) is 21.8. The highest BCUT2D eigenvalue weighted by molar-refractivity contribution is 6.29. The Hall–Kier alpha value is -6.92. The third-order valence-electron chi connectivity index (χ3n) is 7.48. The molecule has 0 bridgehead atoms. The molecule has 1 aliphatic carbocycles. The van der Waals surface area contributed by atoms with Gasteiger partial charge in [-0.2, -0.15) is 20.5 Å². The van der Waals surface area contributed by atoms with Gasteiger partial charge in [0.15, 0.2) is 0 Å². The second kappa shape index (κ2) is 12.1. The summed E-state index contributed by atoms with van der Waals surface area (Å²) in [6.07, 6.45) is 3.54. The lowest BCUT2D eigenvalue weighted by molar-refractivity contribution is 0.627. The number of nitrogens with zero attached hydrogens (tertiary/aromatic N) is 8. The number of aromatic nitrogens is 4.